The molecule has 1 rings (SSSR count). The smallest absolute Gasteiger partial charge is 0.152 e. The number of hydrogen-bond donors (Lipinski definition) is 0. The molecule has 0 spiro atoms. The highest BCUT2D eigenvalue weighted by Gasteiger charge is 2.00. The van der Waals surface area contributed by atoms with Crippen LogP contribution in [0.4, 0.5) is 4.39 Å². The van der Waals surface area contributed by atoms with Gasteiger partial charge in [-0.25, -0.2) is 4.39 Å². The Balaban J connectivity index is 3.02. The number of nitrogens with zero attached hydrogens (tertiary/aromatic N) is 1. The first-order valence-corrected chi connectivity index (χ1v) is 4.46. The highest BCUT2D eigenvalue weighted by molar-refractivity contribution is 5.91. The van der Waals surface area contributed by atoms with Gasteiger partial charge in [0, 0.05) is 0 Å². The van der Waals surface area contributed by atoms with Gasteiger partial charge in [0.2, 0.25) is 0 Å². The van der Waals surface area contributed by atoms with E-state index < -0.39 is 0 Å². The van der Waals surface area contributed by atoms with Gasteiger partial charge in [0.15, 0.2) is 5.78 Å². The third-order valence-corrected chi connectivity index (χ3v) is 1.82. The van der Waals surface area contributed by atoms with Gasteiger partial charge in [-0.1, -0.05) is 6.92 Å². The summed E-state index contributed by atoms with van der Waals surface area (Å²) in [5.41, 5.74) is 1.46. The zero-order valence-electron chi connectivity index (χ0n) is 8.25. The van der Waals surface area contributed by atoms with Crippen LogP contribution in [0.2, 0.25) is 0 Å². The molecular formula is C11H12FNO. The summed E-state index contributed by atoms with van der Waals surface area (Å²) in [5, 5.41) is 0. The maximum absolute atomic E-state index is 12.8. The van der Waals surface area contributed by atoms with Crippen molar-refractivity contribution in [2.24, 2.45) is 0 Å². The van der Waals surface area contributed by atoms with E-state index in [0.29, 0.717) is 12.1 Å². The number of allylic oxidation sites excluding steroid dienone is 1. The molecule has 0 fully saturated rings. The molecule has 0 saturated carbocycles. The number of ketones is 1. The highest BCUT2D eigenvalue weighted by atomic mass is 19.1. The van der Waals surface area contributed by atoms with Crippen LogP contribution >= 0.6 is 0 Å². The SMILES string of the molecule is CCc1cc(F)cnc1/C=C\C(C)=O. The van der Waals surface area contributed by atoms with Crippen LogP contribution in [0.5, 0.6) is 0 Å². The summed E-state index contributed by atoms with van der Waals surface area (Å²) in [6.07, 6.45) is 4.89. The molecule has 14 heavy (non-hydrogen) atoms. The second kappa shape index (κ2) is 4.65. The molecule has 0 saturated heterocycles. The molecule has 1 heterocycles. The predicted molar refractivity (Wildman–Crippen MR) is 53.3 cm³/mol. The molecule has 0 atom stereocenters. The fourth-order valence-corrected chi connectivity index (χ4v) is 1.12. The number of carbonyl (C=O) groups excluding carboxylic acids is 1. The summed E-state index contributed by atoms with van der Waals surface area (Å²) in [6.45, 7) is 3.38. The van der Waals surface area contributed by atoms with E-state index in [1.165, 1.54) is 19.1 Å². The maximum atomic E-state index is 12.8. The summed E-state index contributed by atoms with van der Waals surface area (Å²) >= 11 is 0. The Morgan fingerprint density at radius 2 is 2.36 bits per heavy atom. The lowest BCUT2D eigenvalue weighted by Crippen LogP contribution is -1.93. The monoisotopic (exact) mass is 193 g/mol. The molecule has 0 radical (unpaired) electrons. The van der Waals surface area contributed by atoms with E-state index in [4.69, 9.17) is 0 Å². The van der Waals surface area contributed by atoms with Crippen LogP contribution in [-0.2, 0) is 11.2 Å². The third kappa shape index (κ3) is 2.76. The number of pyridine rings is 1. The summed E-state index contributed by atoms with van der Waals surface area (Å²) in [6, 6.07) is 1.44. The van der Waals surface area contributed by atoms with Crippen molar-refractivity contribution in [1.82, 2.24) is 4.98 Å². The summed E-state index contributed by atoms with van der Waals surface area (Å²) < 4.78 is 12.8. The average Bonchev–Trinajstić information content (AvgIpc) is 2.15. The topological polar surface area (TPSA) is 30.0 Å². The molecule has 2 nitrogen and oxygen atoms in total. The average molecular weight is 193 g/mol. The van der Waals surface area contributed by atoms with Gasteiger partial charge in [-0.3, -0.25) is 9.78 Å². The van der Waals surface area contributed by atoms with E-state index in [9.17, 15) is 9.18 Å². The Bertz CT molecular complexity index is 372. The zero-order valence-corrected chi connectivity index (χ0v) is 8.25. The summed E-state index contributed by atoms with van der Waals surface area (Å²) in [4.78, 5) is 14.6. The third-order valence-electron chi connectivity index (χ3n) is 1.82. The minimum atomic E-state index is -0.346. The fourth-order valence-electron chi connectivity index (χ4n) is 1.12. The first kappa shape index (κ1) is 10.6. The van der Waals surface area contributed by atoms with Crippen molar-refractivity contribution in [3.05, 3.63) is 35.4 Å². The molecule has 0 aliphatic carbocycles. The van der Waals surface area contributed by atoms with Gasteiger partial charge >= 0.3 is 0 Å². The van der Waals surface area contributed by atoms with E-state index in [1.54, 1.807) is 6.08 Å². The van der Waals surface area contributed by atoms with Crippen molar-refractivity contribution >= 4 is 11.9 Å². The molecular weight excluding hydrogens is 181 g/mol. The first-order valence-electron chi connectivity index (χ1n) is 4.46. The van der Waals surface area contributed by atoms with Crippen molar-refractivity contribution in [3.63, 3.8) is 0 Å². The fraction of sp³-hybridized carbons (Fsp3) is 0.273. The van der Waals surface area contributed by atoms with Crippen molar-refractivity contribution in [1.29, 1.82) is 0 Å². The van der Waals surface area contributed by atoms with Gasteiger partial charge in [0.05, 0.1) is 11.9 Å². The van der Waals surface area contributed by atoms with Gasteiger partial charge in [-0.2, -0.15) is 0 Å². The number of halogens is 1. The van der Waals surface area contributed by atoms with Crippen LogP contribution in [0.25, 0.3) is 6.08 Å². The van der Waals surface area contributed by atoms with Gasteiger partial charge in [-0.05, 0) is 37.1 Å². The molecule has 0 amide bonds. The zero-order chi connectivity index (χ0) is 10.6. The molecule has 0 aromatic carbocycles. The van der Waals surface area contributed by atoms with Crippen LogP contribution in [0, 0.1) is 5.82 Å². The van der Waals surface area contributed by atoms with Gasteiger partial charge in [0.25, 0.3) is 0 Å². The van der Waals surface area contributed by atoms with Crippen LogP contribution in [0.15, 0.2) is 18.3 Å². The Labute approximate surface area is 82.5 Å². The highest BCUT2D eigenvalue weighted by Crippen LogP contribution is 2.10. The van der Waals surface area contributed by atoms with Gasteiger partial charge < -0.3 is 0 Å². The molecule has 74 valence electrons. The second-order valence-corrected chi connectivity index (χ2v) is 3.00. The lowest BCUT2D eigenvalue weighted by Gasteiger charge is -2.01. The summed E-state index contributed by atoms with van der Waals surface area (Å²) in [7, 11) is 0. The first-order chi connectivity index (χ1) is 6.63. The minimum Gasteiger partial charge on any atom is -0.295 e. The lowest BCUT2D eigenvalue weighted by atomic mass is 10.1. The molecule has 0 unspecified atom stereocenters. The quantitative estimate of drug-likeness (QED) is 0.690. The van der Waals surface area contributed by atoms with E-state index in [0.717, 1.165) is 11.8 Å². The van der Waals surface area contributed by atoms with Crippen LogP contribution in [-0.4, -0.2) is 10.8 Å². The standard InChI is InChI=1S/C11H12FNO/c1-3-9-6-10(12)7-13-11(9)5-4-8(2)14/h4-7H,3H2,1-2H3/b5-4-. The maximum Gasteiger partial charge on any atom is 0.152 e. The van der Waals surface area contributed by atoms with Crippen molar-refractivity contribution < 1.29 is 9.18 Å². The molecule has 0 bridgehead atoms. The van der Waals surface area contributed by atoms with Crippen molar-refractivity contribution in [2.45, 2.75) is 20.3 Å². The number of hydrogen-bond acceptors (Lipinski definition) is 2. The Kier molecular flexibility index (Phi) is 3.51. The van der Waals surface area contributed by atoms with Crippen LogP contribution in [0.3, 0.4) is 0 Å². The Hall–Kier alpha value is -1.51. The van der Waals surface area contributed by atoms with E-state index in [2.05, 4.69) is 4.98 Å². The Morgan fingerprint density at radius 3 is 2.93 bits per heavy atom. The van der Waals surface area contributed by atoms with E-state index >= 15 is 0 Å². The second-order valence-electron chi connectivity index (χ2n) is 3.00. The van der Waals surface area contributed by atoms with Gasteiger partial charge in [-0.15, -0.1) is 0 Å². The summed E-state index contributed by atoms with van der Waals surface area (Å²) in [5.74, 6) is -0.389. The molecule has 0 aliphatic rings. The van der Waals surface area contributed by atoms with E-state index in [1.807, 2.05) is 6.92 Å². The van der Waals surface area contributed by atoms with E-state index in [-0.39, 0.29) is 11.6 Å². The van der Waals surface area contributed by atoms with Gasteiger partial charge in [0.1, 0.15) is 5.82 Å². The molecule has 0 aliphatic heterocycles. The molecule has 1 aromatic rings. The molecule has 1 aromatic heterocycles. The van der Waals surface area contributed by atoms with Crippen LogP contribution < -0.4 is 0 Å². The van der Waals surface area contributed by atoms with Crippen LogP contribution in [0.1, 0.15) is 25.1 Å². The number of aromatic nitrogens is 1. The minimum absolute atomic E-state index is 0.0434. The Morgan fingerprint density at radius 1 is 1.64 bits per heavy atom. The molecule has 0 N–H and O–H groups in total. The normalized spacial score (nSPS) is 10.8. The van der Waals surface area contributed by atoms with Crippen molar-refractivity contribution in [2.75, 3.05) is 0 Å². The number of carbonyl (C=O) groups is 1. The number of aryl methyl sites for hydroxylation is 1. The molecule has 3 heteroatoms. The van der Waals surface area contributed by atoms with Crippen molar-refractivity contribution in [3.8, 4) is 0 Å². The largest absolute Gasteiger partial charge is 0.295 e. The number of rotatable bonds is 3. The predicted octanol–water partition coefficient (Wildman–Crippen LogP) is 2.39. The lowest BCUT2D eigenvalue weighted by molar-refractivity contribution is -0.112.